The number of aliphatic hydroxyl groups is 1. The van der Waals surface area contributed by atoms with Gasteiger partial charge in [0, 0.05) is 7.05 Å². The molecule has 1 aromatic heterocycles. The lowest BCUT2D eigenvalue weighted by Crippen LogP contribution is -2.20. The van der Waals surface area contributed by atoms with E-state index in [1.165, 1.54) is 18.1 Å². The smallest absolute Gasteiger partial charge is 0.191 e. The fourth-order valence-corrected chi connectivity index (χ4v) is 4.88. The van der Waals surface area contributed by atoms with Gasteiger partial charge in [-0.3, -0.25) is 0 Å². The molecule has 2 rings (SSSR count). The van der Waals surface area contributed by atoms with E-state index in [2.05, 4.69) is 10.2 Å². The van der Waals surface area contributed by atoms with Gasteiger partial charge in [0.15, 0.2) is 15.0 Å². The first-order chi connectivity index (χ1) is 6.98. The molecule has 0 aliphatic carbocycles. The van der Waals surface area contributed by atoms with Crippen LogP contribution in [-0.4, -0.2) is 51.1 Å². The van der Waals surface area contributed by atoms with Crippen LogP contribution in [0.3, 0.4) is 0 Å². The fourth-order valence-electron chi connectivity index (χ4n) is 1.42. The Labute approximate surface area is 91.6 Å². The summed E-state index contributed by atoms with van der Waals surface area (Å²) in [6.07, 6.45) is 0.731. The van der Waals surface area contributed by atoms with Crippen LogP contribution in [0.1, 0.15) is 0 Å². The maximum absolute atomic E-state index is 11.2. The van der Waals surface area contributed by atoms with Gasteiger partial charge in [-0.05, 0) is 0 Å². The van der Waals surface area contributed by atoms with Gasteiger partial charge in [0.05, 0.1) is 22.9 Å². The Morgan fingerprint density at radius 2 is 2.33 bits per heavy atom. The summed E-state index contributed by atoms with van der Waals surface area (Å²) in [7, 11) is -1.31. The van der Waals surface area contributed by atoms with Crippen LogP contribution in [0.15, 0.2) is 11.5 Å². The molecule has 1 saturated heterocycles. The van der Waals surface area contributed by atoms with E-state index in [4.69, 9.17) is 0 Å². The average Bonchev–Trinajstić information content (AvgIpc) is 2.59. The van der Waals surface area contributed by atoms with E-state index in [0.29, 0.717) is 5.16 Å². The van der Waals surface area contributed by atoms with E-state index >= 15 is 0 Å². The predicted octanol–water partition coefficient (Wildman–Crippen LogP) is -0.935. The first-order valence-corrected chi connectivity index (χ1v) is 7.07. The van der Waals surface area contributed by atoms with Crippen molar-refractivity contribution in [1.82, 2.24) is 14.8 Å². The first-order valence-electron chi connectivity index (χ1n) is 4.37. The Balaban J connectivity index is 2.11. The second-order valence-corrected chi connectivity index (χ2v) is 6.89. The molecule has 8 heteroatoms. The minimum Gasteiger partial charge on any atom is -0.391 e. The number of hydrogen-bond acceptors (Lipinski definition) is 6. The van der Waals surface area contributed by atoms with Gasteiger partial charge >= 0.3 is 0 Å². The maximum Gasteiger partial charge on any atom is 0.191 e. The van der Waals surface area contributed by atoms with E-state index in [1.54, 1.807) is 11.6 Å². The van der Waals surface area contributed by atoms with Gasteiger partial charge in [-0.15, -0.1) is 10.2 Å². The van der Waals surface area contributed by atoms with Crippen molar-refractivity contribution in [1.29, 1.82) is 0 Å². The lowest BCUT2D eigenvalue weighted by Gasteiger charge is -2.10. The number of hydrogen-bond donors (Lipinski definition) is 1. The lowest BCUT2D eigenvalue weighted by atomic mass is 10.3. The molecule has 2 unspecified atom stereocenters. The Morgan fingerprint density at radius 1 is 1.60 bits per heavy atom. The van der Waals surface area contributed by atoms with Gasteiger partial charge < -0.3 is 9.67 Å². The summed E-state index contributed by atoms with van der Waals surface area (Å²) in [4.78, 5) is 0. The van der Waals surface area contributed by atoms with E-state index in [9.17, 15) is 13.5 Å². The summed E-state index contributed by atoms with van der Waals surface area (Å²) in [6.45, 7) is 0. The standard InChI is InChI=1S/C7H11N3O3S2/c1-10-4-8-9-7(10)14-6-3-15(12,13)2-5(6)11/h4-6,11H,2-3H2,1H3. The Morgan fingerprint density at radius 3 is 2.80 bits per heavy atom. The zero-order valence-corrected chi connectivity index (χ0v) is 9.70. The maximum atomic E-state index is 11.2. The van der Waals surface area contributed by atoms with Gasteiger partial charge in [-0.1, -0.05) is 11.8 Å². The highest BCUT2D eigenvalue weighted by atomic mass is 32.2. The van der Waals surface area contributed by atoms with E-state index < -0.39 is 15.9 Å². The molecule has 1 aromatic rings. The molecular formula is C7H11N3O3S2. The van der Waals surface area contributed by atoms with Crippen molar-refractivity contribution in [2.75, 3.05) is 11.5 Å². The highest BCUT2D eigenvalue weighted by molar-refractivity contribution is 8.01. The number of thioether (sulfide) groups is 1. The molecule has 84 valence electrons. The van der Waals surface area contributed by atoms with Crippen LogP contribution in [0.2, 0.25) is 0 Å². The number of aliphatic hydroxyl groups excluding tert-OH is 1. The molecule has 0 aromatic carbocycles. The van der Waals surface area contributed by atoms with E-state index in [-0.39, 0.29) is 16.8 Å². The van der Waals surface area contributed by atoms with Crippen molar-refractivity contribution in [2.24, 2.45) is 7.05 Å². The molecule has 0 amide bonds. The number of aromatic nitrogens is 3. The second kappa shape index (κ2) is 3.76. The number of nitrogens with zero attached hydrogens (tertiary/aromatic N) is 3. The summed E-state index contributed by atoms with van der Waals surface area (Å²) in [5, 5.41) is 17.4. The summed E-state index contributed by atoms with van der Waals surface area (Å²) in [5.41, 5.74) is 0. The summed E-state index contributed by atoms with van der Waals surface area (Å²) < 4.78 is 24.2. The van der Waals surface area contributed by atoms with Crippen molar-refractivity contribution in [3.05, 3.63) is 6.33 Å². The first kappa shape index (κ1) is 10.9. The third kappa shape index (κ3) is 2.32. The molecule has 1 aliphatic heterocycles. The minimum atomic E-state index is -3.09. The average molecular weight is 249 g/mol. The van der Waals surface area contributed by atoms with Crippen LogP contribution in [0.5, 0.6) is 0 Å². The Hall–Kier alpha value is -0.600. The summed E-state index contributed by atoms with van der Waals surface area (Å²) in [6, 6.07) is 0. The van der Waals surface area contributed by atoms with Crippen molar-refractivity contribution in [2.45, 2.75) is 16.5 Å². The van der Waals surface area contributed by atoms with E-state index in [0.717, 1.165) is 0 Å². The Kier molecular flexibility index (Phi) is 2.73. The van der Waals surface area contributed by atoms with Crippen LogP contribution >= 0.6 is 11.8 Å². The second-order valence-electron chi connectivity index (χ2n) is 3.52. The van der Waals surface area contributed by atoms with Crippen LogP contribution in [0.25, 0.3) is 0 Å². The topological polar surface area (TPSA) is 85.1 Å². The quantitative estimate of drug-likeness (QED) is 0.728. The molecule has 0 spiro atoms. The highest BCUT2D eigenvalue weighted by Gasteiger charge is 2.37. The van der Waals surface area contributed by atoms with Crippen molar-refractivity contribution in [3.63, 3.8) is 0 Å². The molecule has 15 heavy (non-hydrogen) atoms. The molecule has 0 saturated carbocycles. The monoisotopic (exact) mass is 249 g/mol. The molecule has 1 fully saturated rings. The number of rotatable bonds is 2. The molecule has 2 heterocycles. The molecule has 0 radical (unpaired) electrons. The van der Waals surface area contributed by atoms with Crippen molar-refractivity contribution >= 4 is 21.6 Å². The van der Waals surface area contributed by atoms with Crippen molar-refractivity contribution < 1.29 is 13.5 Å². The fraction of sp³-hybridized carbons (Fsp3) is 0.714. The van der Waals surface area contributed by atoms with Gasteiger partial charge in [-0.25, -0.2) is 8.42 Å². The van der Waals surface area contributed by atoms with Crippen molar-refractivity contribution in [3.8, 4) is 0 Å². The van der Waals surface area contributed by atoms with Crippen LogP contribution in [0.4, 0.5) is 0 Å². The molecule has 1 aliphatic rings. The molecule has 2 atom stereocenters. The largest absolute Gasteiger partial charge is 0.391 e. The summed E-state index contributed by atoms with van der Waals surface area (Å²) >= 11 is 1.26. The predicted molar refractivity (Wildman–Crippen MR) is 55.3 cm³/mol. The van der Waals surface area contributed by atoms with E-state index in [1.807, 2.05) is 0 Å². The zero-order valence-electron chi connectivity index (χ0n) is 8.07. The van der Waals surface area contributed by atoms with Gasteiger partial charge in [0.2, 0.25) is 0 Å². The number of sulfone groups is 1. The van der Waals surface area contributed by atoms with Crippen LogP contribution < -0.4 is 0 Å². The molecule has 6 nitrogen and oxygen atoms in total. The normalized spacial score (nSPS) is 29.5. The lowest BCUT2D eigenvalue weighted by molar-refractivity contribution is 0.207. The molecule has 0 bridgehead atoms. The highest BCUT2D eigenvalue weighted by Crippen LogP contribution is 2.29. The molecule has 1 N–H and O–H groups in total. The SMILES string of the molecule is Cn1cnnc1SC1CS(=O)(=O)CC1O. The number of aryl methyl sites for hydroxylation is 1. The third-order valence-corrected chi connectivity index (χ3v) is 5.49. The van der Waals surface area contributed by atoms with Crippen LogP contribution in [-0.2, 0) is 16.9 Å². The Bertz CT molecular complexity index is 456. The third-order valence-electron chi connectivity index (χ3n) is 2.20. The molecular weight excluding hydrogens is 238 g/mol. The van der Waals surface area contributed by atoms with Gasteiger partial charge in [0.25, 0.3) is 0 Å². The van der Waals surface area contributed by atoms with Crippen LogP contribution in [0, 0.1) is 0 Å². The van der Waals surface area contributed by atoms with Gasteiger partial charge in [0.1, 0.15) is 6.33 Å². The minimum absolute atomic E-state index is 0.00565. The zero-order chi connectivity index (χ0) is 11.1. The summed E-state index contributed by atoms with van der Waals surface area (Å²) in [5.74, 6) is -0.145. The van der Waals surface area contributed by atoms with Gasteiger partial charge in [-0.2, -0.15) is 0 Å².